The van der Waals surface area contributed by atoms with E-state index in [1.165, 1.54) is 10.8 Å². The predicted octanol–water partition coefficient (Wildman–Crippen LogP) is 5.32. The molecule has 132 valence electrons. The zero-order valence-electron chi connectivity index (χ0n) is 13.0. The van der Waals surface area contributed by atoms with Crippen LogP contribution in [-0.2, 0) is 12.6 Å². The number of alkyl halides is 5. The number of ketones is 1. The van der Waals surface area contributed by atoms with E-state index in [1.807, 2.05) is 6.08 Å². The average Bonchev–Trinajstić information content (AvgIpc) is 2.89. The van der Waals surface area contributed by atoms with Gasteiger partial charge in [-0.25, -0.2) is 0 Å². The van der Waals surface area contributed by atoms with Crippen LogP contribution >= 0.6 is 0 Å². The minimum absolute atomic E-state index is 0.0327. The topological polar surface area (TPSA) is 22.0 Å². The number of allylic oxidation sites excluding steroid dienone is 1. The monoisotopic (exact) mass is 347 g/mol. The molecular formula is C17H18F5NO. The van der Waals surface area contributed by atoms with Gasteiger partial charge in [0.2, 0.25) is 5.78 Å². The molecule has 2 nitrogen and oxygen atoms in total. The molecule has 0 amide bonds. The maximum Gasteiger partial charge on any atom is 0.418 e. The lowest BCUT2D eigenvalue weighted by Crippen LogP contribution is -2.35. The Labute approximate surface area is 136 Å². The summed E-state index contributed by atoms with van der Waals surface area (Å²) in [6, 6.07) is 0. The summed E-state index contributed by atoms with van der Waals surface area (Å²) in [5.41, 5.74) is -2.10. The van der Waals surface area contributed by atoms with Gasteiger partial charge < -0.3 is 4.57 Å². The molecule has 0 unspecified atom stereocenters. The first kappa shape index (κ1) is 17.2. The molecule has 0 bridgehead atoms. The molecule has 1 saturated carbocycles. The molecule has 7 heteroatoms. The molecule has 2 aliphatic carbocycles. The van der Waals surface area contributed by atoms with E-state index in [0.29, 0.717) is 0 Å². The van der Waals surface area contributed by atoms with Crippen molar-refractivity contribution in [2.24, 2.45) is 5.92 Å². The zero-order valence-corrected chi connectivity index (χ0v) is 13.0. The fourth-order valence-electron chi connectivity index (χ4n) is 3.53. The number of carbonyl (C=O) groups is 1. The molecular weight excluding hydrogens is 329 g/mol. The quantitative estimate of drug-likeness (QED) is 0.664. The van der Waals surface area contributed by atoms with Crippen molar-refractivity contribution in [2.45, 2.75) is 57.0 Å². The van der Waals surface area contributed by atoms with Gasteiger partial charge in [0.15, 0.2) is 0 Å². The molecule has 0 atom stereocenters. The minimum atomic E-state index is -4.84. The van der Waals surface area contributed by atoms with Crippen molar-refractivity contribution in [3.63, 3.8) is 0 Å². The van der Waals surface area contributed by atoms with Gasteiger partial charge >= 0.3 is 12.1 Å². The van der Waals surface area contributed by atoms with E-state index in [-0.39, 0.29) is 18.0 Å². The SMILES string of the molecule is O=C1c2c(C(F)(F)F)cn(/C=C/C3CCCCC3)c2CCC1(F)F. The predicted molar refractivity (Wildman–Crippen MR) is 78.9 cm³/mol. The molecule has 0 radical (unpaired) electrons. The smallest absolute Gasteiger partial charge is 0.327 e. The van der Waals surface area contributed by atoms with Crippen LogP contribution < -0.4 is 0 Å². The van der Waals surface area contributed by atoms with Crippen LogP contribution in [0.1, 0.15) is 60.1 Å². The summed E-state index contributed by atoms with van der Waals surface area (Å²) < 4.78 is 67.9. The Bertz CT molecular complexity index is 665. The summed E-state index contributed by atoms with van der Waals surface area (Å²) in [7, 11) is 0. The second kappa shape index (κ2) is 6.01. The maximum absolute atomic E-state index is 13.6. The number of nitrogens with zero attached hydrogens (tertiary/aromatic N) is 1. The molecule has 24 heavy (non-hydrogen) atoms. The summed E-state index contributed by atoms with van der Waals surface area (Å²) in [6.45, 7) is 0. The highest BCUT2D eigenvalue weighted by Crippen LogP contribution is 2.42. The first-order valence-corrected chi connectivity index (χ1v) is 8.12. The Kier molecular flexibility index (Phi) is 4.30. The first-order chi connectivity index (χ1) is 11.2. The molecule has 0 saturated heterocycles. The Morgan fingerprint density at radius 3 is 2.46 bits per heavy atom. The number of carbonyl (C=O) groups excluding carboxylic acids is 1. The van der Waals surface area contributed by atoms with Crippen LogP contribution in [0.5, 0.6) is 0 Å². The molecule has 0 spiro atoms. The van der Waals surface area contributed by atoms with Crippen molar-refractivity contribution in [1.29, 1.82) is 0 Å². The maximum atomic E-state index is 13.6. The number of halogens is 5. The van der Waals surface area contributed by atoms with Crippen LogP contribution in [0.3, 0.4) is 0 Å². The van der Waals surface area contributed by atoms with Crippen molar-refractivity contribution in [1.82, 2.24) is 4.57 Å². The summed E-state index contributed by atoms with van der Waals surface area (Å²) >= 11 is 0. The van der Waals surface area contributed by atoms with Crippen LogP contribution in [0.4, 0.5) is 22.0 Å². The summed E-state index contributed by atoms with van der Waals surface area (Å²) in [4.78, 5) is 11.8. The van der Waals surface area contributed by atoms with Crippen molar-refractivity contribution >= 4 is 12.0 Å². The highest BCUT2D eigenvalue weighted by Gasteiger charge is 2.50. The van der Waals surface area contributed by atoms with Crippen molar-refractivity contribution < 1.29 is 26.7 Å². The summed E-state index contributed by atoms with van der Waals surface area (Å²) in [5, 5.41) is 0. The highest BCUT2D eigenvalue weighted by molar-refractivity contribution is 6.05. The van der Waals surface area contributed by atoms with E-state index >= 15 is 0 Å². The van der Waals surface area contributed by atoms with Crippen molar-refractivity contribution in [2.75, 3.05) is 0 Å². The van der Waals surface area contributed by atoms with Gasteiger partial charge in [-0.1, -0.05) is 25.3 Å². The molecule has 3 rings (SSSR count). The fourth-order valence-corrected chi connectivity index (χ4v) is 3.53. The largest absolute Gasteiger partial charge is 0.418 e. The van der Waals surface area contributed by atoms with Crippen LogP contribution in [0.25, 0.3) is 6.20 Å². The van der Waals surface area contributed by atoms with E-state index in [1.54, 1.807) is 0 Å². The Morgan fingerprint density at radius 1 is 1.17 bits per heavy atom. The Balaban J connectivity index is 2.00. The lowest BCUT2D eigenvalue weighted by atomic mass is 9.89. The van der Waals surface area contributed by atoms with Crippen LogP contribution in [0, 0.1) is 5.92 Å². The number of hydrogen-bond donors (Lipinski definition) is 0. The van der Waals surface area contributed by atoms with Crippen LogP contribution in [-0.4, -0.2) is 16.3 Å². The Hall–Kier alpha value is -1.66. The molecule has 1 aromatic heterocycles. The third-order valence-corrected chi connectivity index (χ3v) is 4.85. The number of aromatic nitrogens is 1. The summed E-state index contributed by atoms with van der Waals surface area (Å²) in [6.07, 6.45) is 3.53. The first-order valence-electron chi connectivity index (χ1n) is 8.12. The third kappa shape index (κ3) is 3.13. The second-order valence-corrected chi connectivity index (χ2v) is 6.54. The highest BCUT2D eigenvalue weighted by atomic mass is 19.4. The lowest BCUT2D eigenvalue weighted by Gasteiger charge is -2.22. The number of rotatable bonds is 2. The zero-order chi connectivity index (χ0) is 17.5. The normalized spacial score (nSPS) is 22.1. The molecule has 2 aliphatic rings. The van der Waals surface area contributed by atoms with Crippen molar-refractivity contribution in [3.8, 4) is 0 Å². The number of hydrogen-bond acceptors (Lipinski definition) is 1. The third-order valence-electron chi connectivity index (χ3n) is 4.85. The minimum Gasteiger partial charge on any atom is -0.327 e. The van der Waals surface area contributed by atoms with E-state index < -0.39 is 35.4 Å². The molecule has 1 fully saturated rings. The van der Waals surface area contributed by atoms with E-state index in [9.17, 15) is 26.7 Å². The van der Waals surface area contributed by atoms with Gasteiger partial charge in [-0.2, -0.15) is 22.0 Å². The van der Waals surface area contributed by atoms with Crippen LogP contribution in [0.2, 0.25) is 0 Å². The van der Waals surface area contributed by atoms with Gasteiger partial charge in [-0.3, -0.25) is 4.79 Å². The van der Waals surface area contributed by atoms with E-state index in [2.05, 4.69) is 0 Å². The van der Waals surface area contributed by atoms with E-state index in [4.69, 9.17) is 0 Å². The van der Waals surface area contributed by atoms with Gasteiger partial charge in [-0.05, 0) is 25.2 Å². The summed E-state index contributed by atoms with van der Waals surface area (Å²) in [5.74, 6) is -5.17. The average molecular weight is 347 g/mol. The molecule has 1 heterocycles. The number of fused-ring (bicyclic) bond motifs is 1. The molecule has 0 aliphatic heterocycles. The van der Waals surface area contributed by atoms with Gasteiger partial charge in [0.25, 0.3) is 0 Å². The molecule has 0 aromatic carbocycles. The van der Waals surface area contributed by atoms with Gasteiger partial charge in [0, 0.05) is 24.5 Å². The fraction of sp³-hybridized carbons (Fsp3) is 0.588. The standard InChI is InChI=1S/C17H18F5NO/c18-16(19)8-6-13-14(15(16)24)12(17(20,21)22)10-23(13)9-7-11-4-2-1-3-5-11/h7,9-11H,1-6,8H2/b9-7+. The van der Waals surface area contributed by atoms with Crippen molar-refractivity contribution in [3.05, 3.63) is 29.1 Å². The lowest BCUT2D eigenvalue weighted by molar-refractivity contribution is -0.138. The number of Topliss-reactive ketones (excluding diaryl/α,β-unsaturated/α-hetero) is 1. The Morgan fingerprint density at radius 2 is 1.83 bits per heavy atom. The van der Waals surface area contributed by atoms with Gasteiger partial charge in [-0.15, -0.1) is 0 Å². The molecule has 0 N–H and O–H groups in total. The van der Waals surface area contributed by atoms with Gasteiger partial charge in [0.05, 0.1) is 11.1 Å². The second-order valence-electron chi connectivity index (χ2n) is 6.54. The van der Waals surface area contributed by atoms with Crippen LogP contribution in [0.15, 0.2) is 12.3 Å². The van der Waals surface area contributed by atoms with E-state index in [0.717, 1.165) is 38.3 Å². The van der Waals surface area contributed by atoms with Gasteiger partial charge in [0.1, 0.15) is 0 Å². The molecule has 1 aromatic rings.